The zero-order chi connectivity index (χ0) is 15.9. The van der Waals surface area contributed by atoms with Crippen molar-refractivity contribution in [2.45, 2.75) is 6.92 Å². The van der Waals surface area contributed by atoms with Crippen LogP contribution in [0.1, 0.15) is 11.1 Å². The topological polar surface area (TPSA) is 83.5 Å². The molecule has 0 aliphatic carbocycles. The highest BCUT2D eigenvalue weighted by atomic mass is 35.5. The number of anilines is 1. The van der Waals surface area contributed by atoms with Crippen LogP contribution in [-0.2, 0) is 9.59 Å². The van der Waals surface area contributed by atoms with Crippen molar-refractivity contribution in [2.24, 2.45) is 5.10 Å². The second kappa shape index (κ2) is 7.33. The quantitative estimate of drug-likeness (QED) is 0.517. The van der Waals surface area contributed by atoms with Crippen LogP contribution in [0.3, 0.4) is 0 Å². The number of carbonyl (C=O) groups excluding carboxylic acids is 2. The number of hydrazone groups is 1. The van der Waals surface area contributed by atoms with Gasteiger partial charge in [-0.25, -0.2) is 5.43 Å². The minimum atomic E-state index is -0.873. The smallest absolute Gasteiger partial charge is 0.318 e. The maximum Gasteiger partial charge on any atom is 0.329 e. The lowest BCUT2D eigenvalue weighted by Gasteiger charge is -2.05. The molecule has 0 atom stereocenters. The van der Waals surface area contributed by atoms with Gasteiger partial charge in [0.05, 0.1) is 6.21 Å². The van der Waals surface area contributed by atoms with E-state index in [2.05, 4.69) is 20.8 Å². The number of halogens is 1. The molecule has 0 aliphatic rings. The molecule has 0 radical (unpaired) electrons. The summed E-state index contributed by atoms with van der Waals surface area (Å²) in [5, 5.41) is 6.64. The fourth-order valence-electron chi connectivity index (χ4n) is 1.52. The van der Waals surface area contributed by atoms with Crippen molar-refractivity contribution in [3.05, 3.63) is 58.9 Å². The summed E-state index contributed by atoms with van der Waals surface area (Å²) in [5.41, 5.74) is 4.21. The molecule has 2 N–H and O–H groups in total. The predicted molar refractivity (Wildman–Crippen MR) is 84.8 cm³/mol. The zero-order valence-electron chi connectivity index (χ0n) is 11.7. The number of carbonyl (C=O) groups is 2. The Morgan fingerprint density at radius 2 is 1.91 bits per heavy atom. The van der Waals surface area contributed by atoms with Crippen molar-refractivity contribution in [1.29, 1.82) is 0 Å². The van der Waals surface area contributed by atoms with Gasteiger partial charge in [-0.1, -0.05) is 17.7 Å². The first-order valence-corrected chi connectivity index (χ1v) is 6.74. The largest absolute Gasteiger partial charge is 0.329 e. The minimum Gasteiger partial charge on any atom is -0.318 e. The molecular formula is C15H13ClN4O2. The summed E-state index contributed by atoms with van der Waals surface area (Å²) in [5.74, 6) is -1.70. The Morgan fingerprint density at radius 1 is 1.18 bits per heavy atom. The Kier molecular flexibility index (Phi) is 5.21. The average Bonchev–Trinajstić information content (AvgIpc) is 2.52. The Bertz CT molecular complexity index is 717. The third-order valence-electron chi connectivity index (χ3n) is 2.72. The summed E-state index contributed by atoms with van der Waals surface area (Å²) in [4.78, 5) is 27.2. The van der Waals surface area contributed by atoms with Gasteiger partial charge in [-0.2, -0.15) is 5.10 Å². The maximum atomic E-state index is 11.7. The van der Waals surface area contributed by atoms with E-state index in [1.54, 1.807) is 42.7 Å². The van der Waals surface area contributed by atoms with E-state index in [0.717, 1.165) is 11.1 Å². The van der Waals surface area contributed by atoms with Crippen LogP contribution < -0.4 is 10.7 Å². The Morgan fingerprint density at radius 3 is 2.59 bits per heavy atom. The highest BCUT2D eigenvalue weighted by Crippen LogP contribution is 2.19. The molecule has 2 aromatic rings. The van der Waals surface area contributed by atoms with Gasteiger partial charge in [0.2, 0.25) is 0 Å². The third kappa shape index (κ3) is 4.39. The lowest BCUT2D eigenvalue weighted by molar-refractivity contribution is -0.136. The van der Waals surface area contributed by atoms with E-state index in [4.69, 9.17) is 11.6 Å². The first kappa shape index (κ1) is 15.7. The summed E-state index contributed by atoms with van der Waals surface area (Å²) < 4.78 is 0. The second-order valence-electron chi connectivity index (χ2n) is 4.40. The third-order valence-corrected chi connectivity index (χ3v) is 3.13. The van der Waals surface area contributed by atoms with E-state index < -0.39 is 11.8 Å². The van der Waals surface area contributed by atoms with E-state index in [1.807, 2.05) is 6.92 Å². The summed E-state index contributed by atoms with van der Waals surface area (Å²) in [6.45, 7) is 1.84. The maximum absolute atomic E-state index is 11.7. The minimum absolute atomic E-state index is 0.439. The van der Waals surface area contributed by atoms with Gasteiger partial charge in [-0.15, -0.1) is 0 Å². The number of rotatable bonds is 3. The first-order chi connectivity index (χ1) is 10.6. The lowest BCUT2D eigenvalue weighted by Crippen LogP contribution is -2.32. The number of hydrogen-bond acceptors (Lipinski definition) is 4. The monoisotopic (exact) mass is 316 g/mol. The van der Waals surface area contributed by atoms with Crippen molar-refractivity contribution in [3.63, 3.8) is 0 Å². The van der Waals surface area contributed by atoms with Crippen LogP contribution in [0.4, 0.5) is 5.69 Å². The SMILES string of the molecule is Cc1ccc(NC(=O)C(=O)NN=Cc2ccncc2)cc1Cl. The predicted octanol–water partition coefficient (Wildman–Crippen LogP) is 2.13. The number of hydrogen-bond donors (Lipinski definition) is 2. The van der Waals surface area contributed by atoms with Gasteiger partial charge >= 0.3 is 11.8 Å². The molecule has 2 rings (SSSR count). The molecule has 0 unspecified atom stereocenters. The van der Waals surface area contributed by atoms with Crippen molar-refractivity contribution >= 4 is 35.3 Å². The molecule has 0 fully saturated rings. The molecule has 0 spiro atoms. The van der Waals surface area contributed by atoms with Gasteiger partial charge in [-0.05, 0) is 42.3 Å². The van der Waals surface area contributed by atoms with E-state index in [1.165, 1.54) is 6.21 Å². The molecule has 1 aromatic heterocycles. The molecule has 6 nitrogen and oxygen atoms in total. The van der Waals surface area contributed by atoms with Crippen LogP contribution in [0.2, 0.25) is 5.02 Å². The summed E-state index contributed by atoms with van der Waals surface area (Å²) in [6.07, 6.45) is 4.60. The molecule has 7 heteroatoms. The van der Waals surface area contributed by atoms with Crippen LogP contribution in [0.5, 0.6) is 0 Å². The van der Waals surface area contributed by atoms with Crippen molar-refractivity contribution in [1.82, 2.24) is 10.4 Å². The normalized spacial score (nSPS) is 10.5. The van der Waals surface area contributed by atoms with Gasteiger partial charge in [-0.3, -0.25) is 14.6 Å². The number of aryl methyl sites for hydroxylation is 1. The Balaban J connectivity index is 1.90. The fraction of sp³-hybridized carbons (Fsp3) is 0.0667. The van der Waals surface area contributed by atoms with Crippen LogP contribution in [0.25, 0.3) is 0 Å². The molecule has 1 heterocycles. The molecule has 0 aliphatic heterocycles. The van der Waals surface area contributed by atoms with Crippen molar-refractivity contribution in [2.75, 3.05) is 5.32 Å². The molecule has 0 saturated carbocycles. The Labute approximate surface area is 132 Å². The zero-order valence-corrected chi connectivity index (χ0v) is 12.5. The second-order valence-corrected chi connectivity index (χ2v) is 4.80. The lowest BCUT2D eigenvalue weighted by atomic mass is 10.2. The molecule has 1 aromatic carbocycles. The highest BCUT2D eigenvalue weighted by molar-refractivity contribution is 6.39. The fourth-order valence-corrected chi connectivity index (χ4v) is 1.70. The highest BCUT2D eigenvalue weighted by Gasteiger charge is 2.13. The van der Waals surface area contributed by atoms with E-state index in [0.29, 0.717) is 10.7 Å². The first-order valence-electron chi connectivity index (χ1n) is 6.37. The number of nitrogens with one attached hydrogen (secondary N) is 2. The van der Waals surface area contributed by atoms with Crippen LogP contribution in [0.15, 0.2) is 47.8 Å². The van der Waals surface area contributed by atoms with E-state index in [-0.39, 0.29) is 0 Å². The number of aromatic nitrogens is 1. The number of amides is 2. The number of benzene rings is 1. The van der Waals surface area contributed by atoms with Crippen LogP contribution >= 0.6 is 11.6 Å². The van der Waals surface area contributed by atoms with Gasteiger partial charge in [0.15, 0.2) is 0 Å². The number of pyridine rings is 1. The molecule has 112 valence electrons. The van der Waals surface area contributed by atoms with Crippen molar-refractivity contribution < 1.29 is 9.59 Å². The molecular weight excluding hydrogens is 304 g/mol. The van der Waals surface area contributed by atoms with E-state index >= 15 is 0 Å². The van der Waals surface area contributed by atoms with Crippen LogP contribution in [0, 0.1) is 6.92 Å². The van der Waals surface area contributed by atoms with Gasteiger partial charge in [0.25, 0.3) is 0 Å². The average molecular weight is 317 g/mol. The molecule has 22 heavy (non-hydrogen) atoms. The molecule has 0 bridgehead atoms. The van der Waals surface area contributed by atoms with Crippen molar-refractivity contribution in [3.8, 4) is 0 Å². The van der Waals surface area contributed by atoms with Gasteiger partial charge in [0, 0.05) is 23.1 Å². The van der Waals surface area contributed by atoms with Gasteiger partial charge in [0.1, 0.15) is 0 Å². The van der Waals surface area contributed by atoms with Gasteiger partial charge < -0.3 is 5.32 Å². The molecule has 0 saturated heterocycles. The van der Waals surface area contributed by atoms with Crippen LogP contribution in [-0.4, -0.2) is 23.0 Å². The van der Waals surface area contributed by atoms with E-state index in [9.17, 15) is 9.59 Å². The Hall–Kier alpha value is -2.73. The summed E-state index contributed by atoms with van der Waals surface area (Å²) in [7, 11) is 0. The summed E-state index contributed by atoms with van der Waals surface area (Å²) >= 11 is 5.95. The number of nitrogens with zero attached hydrogens (tertiary/aromatic N) is 2. The molecule has 2 amide bonds. The summed E-state index contributed by atoms with van der Waals surface area (Å²) in [6, 6.07) is 8.40. The standard InChI is InChI=1S/C15H13ClN4O2/c1-10-2-3-12(8-13(10)16)19-14(21)15(22)20-18-9-11-4-6-17-7-5-11/h2-9H,1H3,(H,19,21)(H,20,22).